The standard InChI is InChI=1S/C24H27N3O2/c1-19-4-6-20(7-5-19)23(27-14-16-29-17-15-27)18-25-24(28)21-8-10-22(11-9-21)26-12-2-3-13-26/h2-13,23H,14-18H2,1H3,(H,25,28). The Morgan fingerprint density at radius 3 is 2.31 bits per heavy atom. The Balaban J connectivity index is 1.44. The van der Waals surface area contributed by atoms with Crippen LogP contribution >= 0.6 is 0 Å². The summed E-state index contributed by atoms with van der Waals surface area (Å²) in [6.07, 6.45) is 3.98. The summed E-state index contributed by atoms with van der Waals surface area (Å²) in [5.74, 6) is -0.0468. The van der Waals surface area contributed by atoms with Crippen LogP contribution in [0.4, 0.5) is 0 Å². The predicted octanol–water partition coefficient (Wildman–Crippen LogP) is 3.59. The van der Waals surface area contributed by atoms with Gasteiger partial charge in [-0.2, -0.15) is 0 Å². The minimum atomic E-state index is -0.0468. The Kier molecular flexibility index (Phi) is 6.08. The number of morpholine rings is 1. The van der Waals surface area contributed by atoms with Crippen LogP contribution in [0, 0.1) is 6.92 Å². The molecule has 1 aromatic heterocycles. The van der Waals surface area contributed by atoms with Crippen LogP contribution in [0.5, 0.6) is 0 Å². The van der Waals surface area contributed by atoms with Crippen molar-refractivity contribution in [2.75, 3.05) is 32.8 Å². The molecule has 1 saturated heterocycles. The summed E-state index contributed by atoms with van der Waals surface area (Å²) in [5.41, 5.74) is 4.17. The molecule has 5 nitrogen and oxygen atoms in total. The fourth-order valence-corrected chi connectivity index (χ4v) is 3.72. The number of aryl methyl sites for hydroxylation is 1. The smallest absolute Gasteiger partial charge is 0.251 e. The molecule has 4 rings (SSSR count). The molecule has 0 radical (unpaired) electrons. The Morgan fingerprint density at radius 2 is 1.66 bits per heavy atom. The van der Waals surface area contributed by atoms with Crippen LogP contribution in [0.25, 0.3) is 5.69 Å². The lowest BCUT2D eigenvalue weighted by Crippen LogP contribution is -2.43. The third-order valence-electron chi connectivity index (χ3n) is 5.44. The van der Waals surface area contributed by atoms with Crippen molar-refractivity contribution in [1.29, 1.82) is 0 Å². The number of carbonyl (C=O) groups is 1. The van der Waals surface area contributed by atoms with Crippen LogP contribution in [-0.2, 0) is 4.74 Å². The van der Waals surface area contributed by atoms with Crippen molar-refractivity contribution in [2.24, 2.45) is 0 Å². The molecule has 1 aliphatic rings. The molecule has 1 aliphatic heterocycles. The summed E-state index contributed by atoms with van der Waals surface area (Å²) in [4.78, 5) is 15.1. The molecule has 5 heteroatoms. The maximum Gasteiger partial charge on any atom is 0.251 e. The van der Waals surface area contributed by atoms with Crippen molar-refractivity contribution < 1.29 is 9.53 Å². The molecular formula is C24H27N3O2. The Morgan fingerprint density at radius 1 is 1.00 bits per heavy atom. The number of nitrogens with one attached hydrogen (secondary N) is 1. The second-order valence-electron chi connectivity index (χ2n) is 7.42. The summed E-state index contributed by atoms with van der Waals surface area (Å²) in [6.45, 7) is 5.88. The van der Waals surface area contributed by atoms with Crippen molar-refractivity contribution in [1.82, 2.24) is 14.8 Å². The van der Waals surface area contributed by atoms with E-state index in [2.05, 4.69) is 41.4 Å². The van der Waals surface area contributed by atoms with Crippen molar-refractivity contribution >= 4 is 5.91 Å². The van der Waals surface area contributed by atoms with E-state index in [1.807, 2.05) is 53.4 Å². The van der Waals surface area contributed by atoms with Crippen LogP contribution in [-0.4, -0.2) is 48.2 Å². The molecule has 0 bridgehead atoms. The Hall–Kier alpha value is -2.89. The molecule has 0 saturated carbocycles. The molecule has 1 N–H and O–H groups in total. The normalized spacial score (nSPS) is 15.8. The maximum absolute atomic E-state index is 12.8. The highest BCUT2D eigenvalue weighted by molar-refractivity contribution is 5.94. The van der Waals surface area contributed by atoms with Crippen LogP contribution in [0.3, 0.4) is 0 Å². The molecule has 150 valence electrons. The monoisotopic (exact) mass is 389 g/mol. The number of aromatic nitrogens is 1. The molecular weight excluding hydrogens is 362 g/mol. The minimum absolute atomic E-state index is 0.0468. The minimum Gasteiger partial charge on any atom is -0.379 e. The van der Waals surface area contributed by atoms with E-state index >= 15 is 0 Å². The zero-order valence-electron chi connectivity index (χ0n) is 16.8. The molecule has 3 aromatic rings. The molecule has 0 spiro atoms. The van der Waals surface area contributed by atoms with E-state index in [1.165, 1.54) is 11.1 Å². The molecule has 1 fully saturated rings. The average molecular weight is 389 g/mol. The highest BCUT2D eigenvalue weighted by atomic mass is 16.5. The highest BCUT2D eigenvalue weighted by Crippen LogP contribution is 2.22. The number of amides is 1. The van der Waals surface area contributed by atoms with E-state index in [-0.39, 0.29) is 11.9 Å². The van der Waals surface area contributed by atoms with Crippen molar-refractivity contribution in [3.8, 4) is 5.69 Å². The molecule has 0 aliphatic carbocycles. The summed E-state index contributed by atoms with van der Waals surface area (Å²) >= 11 is 0. The Bertz CT molecular complexity index is 912. The number of ether oxygens (including phenoxy) is 1. The first-order valence-electron chi connectivity index (χ1n) is 10.1. The van der Waals surface area contributed by atoms with Gasteiger partial charge in [-0.05, 0) is 48.9 Å². The molecule has 1 unspecified atom stereocenters. The summed E-state index contributed by atoms with van der Waals surface area (Å²) in [7, 11) is 0. The van der Waals surface area contributed by atoms with E-state index in [9.17, 15) is 4.79 Å². The first kappa shape index (κ1) is 19.4. The number of nitrogens with zero attached hydrogens (tertiary/aromatic N) is 2. The number of hydrogen-bond donors (Lipinski definition) is 1. The zero-order valence-corrected chi connectivity index (χ0v) is 16.8. The lowest BCUT2D eigenvalue weighted by Gasteiger charge is -2.35. The molecule has 1 atom stereocenters. The van der Waals surface area contributed by atoms with Crippen molar-refractivity contribution in [3.63, 3.8) is 0 Å². The van der Waals surface area contributed by atoms with Gasteiger partial charge in [0.1, 0.15) is 0 Å². The van der Waals surface area contributed by atoms with Gasteiger partial charge in [-0.15, -0.1) is 0 Å². The van der Waals surface area contributed by atoms with Gasteiger partial charge >= 0.3 is 0 Å². The van der Waals surface area contributed by atoms with Crippen LogP contribution in [0.2, 0.25) is 0 Å². The number of hydrogen-bond acceptors (Lipinski definition) is 3. The number of carbonyl (C=O) groups excluding carboxylic acids is 1. The van der Waals surface area contributed by atoms with Gasteiger partial charge in [-0.1, -0.05) is 29.8 Å². The van der Waals surface area contributed by atoms with Gasteiger partial charge in [-0.25, -0.2) is 0 Å². The van der Waals surface area contributed by atoms with Gasteiger partial charge in [0.25, 0.3) is 5.91 Å². The maximum atomic E-state index is 12.8. The van der Waals surface area contributed by atoms with Gasteiger partial charge in [0.15, 0.2) is 0 Å². The SMILES string of the molecule is Cc1ccc(C(CNC(=O)c2ccc(-n3cccc3)cc2)N2CCOCC2)cc1. The topological polar surface area (TPSA) is 46.5 Å². The van der Waals surface area contributed by atoms with Crippen molar-refractivity contribution in [2.45, 2.75) is 13.0 Å². The Labute approximate surface area is 171 Å². The number of benzene rings is 2. The fourth-order valence-electron chi connectivity index (χ4n) is 3.72. The fraction of sp³-hybridized carbons (Fsp3) is 0.292. The van der Waals surface area contributed by atoms with Crippen molar-refractivity contribution in [3.05, 3.63) is 89.7 Å². The van der Waals surface area contributed by atoms with E-state index in [1.54, 1.807) is 0 Å². The van der Waals surface area contributed by atoms with E-state index in [0.29, 0.717) is 12.1 Å². The first-order chi connectivity index (χ1) is 14.2. The largest absolute Gasteiger partial charge is 0.379 e. The second kappa shape index (κ2) is 9.07. The van der Waals surface area contributed by atoms with Gasteiger partial charge in [-0.3, -0.25) is 9.69 Å². The lowest BCUT2D eigenvalue weighted by molar-refractivity contribution is 0.0162. The van der Waals surface area contributed by atoms with E-state index in [0.717, 1.165) is 32.0 Å². The predicted molar refractivity (Wildman–Crippen MR) is 114 cm³/mol. The molecule has 1 amide bonds. The second-order valence-corrected chi connectivity index (χ2v) is 7.42. The van der Waals surface area contributed by atoms with Crippen LogP contribution in [0.15, 0.2) is 73.1 Å². The van der Waals surface area contributed by atoms with E-state index in [4.69, 9.17) is 4.74 Å². The molecule has 2 aromatic carbocycles. The highest BCUT2D eigenvalue weighted by Gasteiger charge is 2.23. The quantitative estimate of drug-likeness (QED) is 0.701. The molecule has 29 heavy (non-hydrogen) atoms. The lowest BCUT2D eigenvalue weighted by atomic mass is 10.0. The summed E-state index contributed by atoms with van der Waals surface area (Å²) in [6, 6.07) is 20.4. The van der Waals surface area contributed by atoms with E-state index < -0.39 is 0 Å². The van der Waals surface area contributed by atoms with Crippen LogP contribution in [0.1, 0.15) is 27.5 Å². The first-order valence-corrected chi connectivity index (χ1v) is 10.1. The third-order valence-corrected chi connectivity index (χ3v) is 5.44. The van der Waals surface area contributed by atoms with Gasteiger partial charge in [0, 0.05) is 43.3 Å². The molecule has 2 heterocycles. The number of rotatable bonds is 6. The summed E-state index contributed by atoms with van der Waals surface area (Å²) < 4.78 is 7.53. The van der Waals surface area contributed by atoms with Gasteiger partial charge in [0.2, 0.25) is 0 Å². The summed E-state index contributed by atoms with van der Waals surface area (Å²) in [5, 5.41) is 3.14. The third kappa shape index (κ3) is 4.75. The zero-order chi connectivity index (χ0) is 20.1. The van der Waals surface area contributed by atoms with Gasteiger partial charge < -0.3 is 14.6 Å². The van der Waals surface area contributed by atoms with Crippen LogP contribution < -0.4 is 5.32 Å². The average Bonchev–Trinajstić information content (AvgIpc) is 3.31. The van der Waals surface area contributed by atoms with Gasteiger partial charge in [0.05, 0.1) is 19.3 Å².